The van der Waals surface area contributed by atoms with E-state index in [1.54, 1.807) is 12.1 Å². The summed E-state index contributed by atoms with van der Waals surface area (Å²) >= 11 is 3.37. The van der Waals surface area contributed by atoms with Crippen LogP contribution < -0.4 is 10.6 Å². The number of hydrogen-bond acceptors (Lipinski definition) is 2. The molecule has 2 amide bonds. The lowest BCUT2D eigenvalue weighted by Crippen LogP contribution is -2.42. The normalized spacial score (nSPS) is 20.5. The lowest BCUT2D eigenvalue weighted by molar-refractivity contribution is -0.120. The molecule has 3 aromatic carbocycles. The van der Waals surface area contributed by atoms with E-state index < -0.39 is 0 Å². The number of benzene rings is 3. The van der Waals surface area contributed by atoms with E-state index in [9.17, 15) is 9.59 Å². The number of amides is 2. The highest BCUT2D eigenvalue weighted by molar-refractivity contribution is 9.10. The molecule has 3 aromatic rings. The molecule has 0 radical (unpaired) electrons. The first-order valence-electron chi connectivity index (χ1n) is 10.6. The van der Waals surface area contributed by atoms with Gasteiger partial charge >= 0.3 is 0 Å². The van der Waals surface area contributed by atoms with Crippen molar-refractivity contribution in [2.45, 2.75) is 18.3 Å². The average molecular weight is 475 g/mol. The first-order chi connectivity index (χ1) is 15.1. The summed E-state index contributed by atoms with van der Waals surface area (Å²) in [7, 11) is 0. The first-order valence-corrected chi connectivity index (χ1v) is 11.4. The van der Waals surface area contributed by atoms with Crippen LogP contribution in [0.15, 0.2) is 77.3 Å². The summed E-state index contributed by atoms with van der Waals surface area (Å²) in [6.07, 6.45) is 1.03. The maximum atomic E-state index is 12.5. The molecule has 0 aromatic heterocycles. The summed E-state index contributed by atoms with van der Waals surface area (Å²) in [6.45, 7) is 0.571. The van der Waals surface area contributed by atoms with Gasteiger partial charge in [0.15, 0.2) is 0 Å². The standard InChI is InChI=1S/C26H23BrN2O2/c27-23-12-6-5-11-21(23)26(31)29-15-24(30)28-14-16-13-22-17-7-1-3-9-19(17)25(16)20-10-4-2-8-18(20)22/h1-12,16,22,25H,13-15H2,(H,28,30)(H,29,31). The zero-order valence-corrected chi connectivity index (χ0v) is 18.6. The molecule has 0 saturated heterocycles. The summed E-state index contributed by atoms with van der Waals surface area (Å²) in [5.74, 6) is 0.602. The molecule has 0 saturated carbocycles. The molecule has 6 rings (SSSR count). The largest absolute Gasteiger partial charge is 0.354 e. The molecule has 1 atom stereocenters. The van der Waals surface area contributed by atoms with Crippen molar-refractivity contribution < 1.29 is 9.59 Å². The molecule has 2 N–H and O–H groups in total. The number of fused-ring (bicyclic) bond motifs is 1. The number of hydrogen-bond donors (Lipinski definition) is 2. The van der Waals surface area contributed by atoms with Crippen molar-refractivity contribution in [1.82, 2.24) is 10.6 Å². The third-order valence-electron chi connectivity index (χ3n) is 6.51. The summed E-state index contributed by atoms with van der Waals surface area (Å²) < 4.78 is 0.712. The quantitative estimate of drug-likeness (QED) is 0.567. The topological polar surface area (TPSA) is 58.2 Å². The molecule has 3 aliphatic carbocycles. The molecule has 0 aliphatic heterocycles. The average Bonchev–Trinajstić information content (AvgIpc) is 2.81. The van der Waals surface area contributed by atoms with Crippen molar-refractivity contribution in [2.75, 3.05) is 13.1 Å². The van der Waals surface area contributed by atoms with E-state index in [1.165, 1.54) is 22.3 Å². The SMILES string of the molecule is O=C(CNC(=O)c1ccccc1Br)NCC1CC2c3ccccc3C1c1ccccc12. The maximum absolute atomic E-state index is 12.5. The third-order valence-corrected chi connectivity index (χ3v) is 7.20. The lowest BCUT2D eigenvalue weighted by Gasteiger charge is -2.45. The van der Waals surface area contributed by atoms with Crippen LogP contribution in [-0.4, -0.2) is 24.9 Å². The monoisotopic (exact) mass is 474 g/mol. The minimum atomic E-state index is -0.262. The van der Waals surface area contributed by atoms with E-state index in [4.69, 9.17) is 0 Å². The van der Waals surface area contributed by atoms with Crippen LogP contribution >= 0.6 is 15.9 Å². The Kier molecular flexibility index (Phi) is 5.36. The van der Waals surface area contributed by atoms with E-state index >= 15 is 0 Å². The van der Waals surface area contributed by atoms with Crippen LogP contribution in [0.4, 0.5) is 0 Å². The van der Waals surface area contributed by atoms with Gasteiger partial charge in [-0.2, -0.15) is 0 Å². The van der Waals surface area contributed by atoms with Crippen molar-refractivity contribution in [1.29, 1.82) is 0 Å². The highest BCUT2D eigenvalue weighted by atomic mass is 79.9. The molecule has 31 heavy (non-hydrogen) atoms. The van der Waals surface area contributed by atoms with Gasteiger partial charge in [-0.25, -0.2) is 0 Å². The van der Waals surface area contributed by atoms with Crippen LogP contribution in [0.3, 0.4) is 0 Å². The molecule has 0 spiro atoms. The molecule has 0 heterocycles. The van der Waals surface area contributed by atoms with Gasteiger partial charge in [0.05, 0.1) is 12.1 Å². The van der Waals surface area contributed by atoms with Crippen LogP contribution in [0.25, 0.3) is 0 Å². The van der Waals surface area contributed by atoms with E-state index in [0.717, 1.165) is 6.42 Å². The Labute approximate surface area is 190 Å². The number of halogens is 1. The molecular weight excluding hydrogens is 452 g/mol. The number of carbonyl (C=O) groups excluding carboxylic acids is 2. The van der Waals surface area contributed by atoms with Gasteiger partial charge in [0, 0.05) is 22.9 Å². The Balaban J connectivity index is 1.25. The predicted octanol–water partition coefficient (Wildman–Crippen LogP) is 4.59. The fraction of sp³-hybridized carbons (Fsp3) is 0.231. The van der Waals surface area contributed by atoms with Crippen LogP contribution in [0.5, 0.6) is 0 Å². The zero-order chi connectivity index (χ0) is 21.4. The number of rotatable bonds is 5. The van der Waals surface area contributed by atoms with Crippen molar-refractivity contribution in [3.8, 4) is 0 Å². The van der Waals surface area contributed by atoms with Crippen LogP contribution in [0.2, 0.25) is 0 Å². The second-order valence-corrected chi connectivity index (χ2v) is 9.10. The molecule has 2 bridgehead atoms. The van der Waals surface area contributed by atoms with Crippen LogP contribution in [-0.2, 0) is 4.79 Å². The van der Waals surface area contributed by atoms with Crippen molar-refractivity contribution >= 4 is 27.7 Å². The molecular formula is C26H23BrN2O2. The van der Waals surface area contributed by atoms with E-state index in [2.05, 4.69) is 75.1 Å². The van der Waals surface area contributed by atoms with Gasteiger partial charge in [-0.1, -0.05) is 60.7 Å². The second kappa shape index (κ2) is 8.31. The smallest absolute Gasteiger partial charge is 0.252 e. The Hall–Kier alpha value is -2.92. The summed E-state index contributed by atoms with van der Waals surface area (Å²) in [5, 5.41) is 5.77. The second-order valence-electron chi connectivity index (χ2n) is 8.25. The minimum absolute atomic E-state index is 0.0336. The van der Waals surface area contributed by atoms with Gasteiger partial charge < -0.3 is 10.6 Å². The van der Waals surface area contributed by atoms with Crippen molar-refractivity contribution in [3.63, 3.8) is 0 Å². The first kappa shape index (κ1) is 20.0. The fourth-order valence-electron chi connectivity index (χ4n) is 5.17. The van der Waals surface area contributed by atoms with Gasteiger partial charge in [-0.15, -0.1) is 0 Å². The Morgan fingerprint density at radius 2 is 1.39 bits per heavy atom. The molecule has 3 aliphatic rings. The minimum Gasteiger partial charge on any atom is -0.354 e. The van der Waals surface area contributed by atoms with Gasteiger partial charge in [0.2, 0.25) is 5.91 Å². The highest BCUT2D eigenvalue weighted by Crippen LogP contribution is 2.55. The Morgan fingerprint density at radius 1 is 0.806 bits per heavy atom. The van der Waals surface area contributed by atoms with Gasteiger partial charge in [0.1, 0.15) is 0 Å². The number of carbonyl (C=O) groups is 2. The molecule has 5 heteroatoms. The third kappa shape index (κ3) is 3.68. The van der Waals surface area contributed by atoms with Gasteiger partial charge in [-0.05, 0) is 62.7 Å². The predicted molar refractivity (Wildman–Crippen MR) is 124 cm³/mol. The fourth-order valence-corrected chi connectivity index (χ4v) is 5.63. The molecule has 0 fully saturated rings. The number of nitrogens with one attached hydrogen (secondary N) is 2. The van der Waals surface area contributed by atoms with Crippen LogP contribution in [0, 0.1) is 5.92 Å². The van der Waals surface area contributed by atoms with E-state index in [-0.39, 0.29) is 18.4 Å². The van der Waals surface area contributed by atoms with Gasteiger partial charge in [0.25, 0.3) is 5.91 Å². The highest BCUT2D eigenvalue weighted by Gasteiger charge is 2.42. The van der Waals surface area contributed by atoms with Crippen molar-refractivity contribution in [2.24, 2.45) is 5.92 Å². The van der Waals surface area contributed by atoms with Gasteiger partial charge in [-0.3, -0.25) is 9.59 Å². The lowest BCUT2D eigenvalue weighted by atomic mass is 9.59. The Bertz CT molecular complexity index is 1110. The molecule has 156 valence electrons. The molecule has 4 nitrogen and oxygen atoms in total. The zero-order valence-electron chi connectivity index (χ0n) is 17.0. The van der Waals surface area contributed by atoms with E-state index in [0.29, 0.717) is 34.3 Å². The molecule has 1 unspecified atom stereocenters. The maximum Gasteiger partial charge on any atom is 0.252 e. The van der Waals surface area contributed by atoms with E-state index in [1.807, 2.05) is 12.1 Å². The van der Waals surface area contributed by atoms with Crippen LogP contribution in [0.1, 0.15) is 50.9 Å². The van der Waals surface area contributed by atoms with Crippen molar-refractivity contribution in [3.05, 3.63) is 105 Å². The summed E-state index contributed by atoms with van der Waals surface area (Å²) in [6, 6.07) is 24.6. The summed E-state index contributed by atoms with van der Waals surface area (Å²) in [5.41, 5.74) is 6.15. The Morgan fingerprint density at radius 3 is 2.03 bits per heavy atom. The summed E-state index contributed by atoms with van der Waals surface area (Å²) in [4.78, 5) is 24.8.